The molecule has 2 amide bonds. The smallest absolute Gasteiger partial charge is 0.322 e. The molecule has 9 heteroatoms. The number of hydrogen-bond donors (Lipinski definition) is 1. The van der Waals surface area contributed by atoms with Crippen LogP contribution in [0.25, 0.3) is 0 Å². The highest BCUT2D eigenvalue weighted by Crippen LogP contribution is 2.29. The van der Waals surface area contributed by atoms with Crippen LogP contribution in [0.3, 0.4) is 0 Å². The average Bonchev–Trinajstić information content (AvgIpc) is 2.85. The molecule has 0 aromatic heterocycles. The van der Waals surface area contributed by atoms with E-state index in [1.165, 1.54) is 7.11 Å². The molecule has 0 aliphatic rings. The first-order valence-corrected chi connectivity index (χ1v) is 11.9. The van der Waals surface area contributed by atoms with Crippen molar-refractivity contribution in [2.45, 2.75) is 45.6 Å². The lowest BCUT2D eigenvalue weighted by molar-refractivity contribution is -0.00847. The van der Waals surface area contributed by atoms with Crippen LogP contribution in [0, 0.1) is 11.6 Å². The monoisotopic (exact) mass is 494 g/mol. The van der Waals surface area contributed by atoms with Crippen LogP contribution < -0.4 is 14.8 Å². The number of nitrogens with zero attached hydrogens (tertiary/aromatic N) is 1. The third-order valence-electron chi connectivity index (χ3n) is 5.33. The van der Waals surface area contributed by atoms with E-state index >= 15 is 0 Å². The molecule has 0 saturated carbocycles. The SMILES string of the molecule is CCCCCCCN(Cc1ccc(OCOCCOC)cc1)C(=O)Nc1c(F)cc(F)cc1OC. The minimum absolute atomic E-state index is 0.0760. The number of unbranched alkanes of at least 4 members (excludes halogenated alkanes) is 4. The van der Waals surface area contributed by atoms with E-state index in [9.17, 15) is 13.6 Å². The van der Waals surface area contributed by atoms with Crippen LogP contribution in [-0.2, 0) is 16.0 Å². The largest absolute Gasteiger partial charge is 0.494 e. The van der Waals surface area contributed by atoms with Crippen molar-refractivity contribution in [3.63, 3.8) is 0 Å². The van der Waals surface area contributed by atoms with Crippen molar-refractivity contribution in [2.75, 3.05) is 46.1 Å². The van der Waals surface area contributed by atoms with E-state index in [0.29, 0.717) is 38.1 Å². The molecular formula is C26H36F2N2O5. The van der Waals surface area contributed by atoms with Crippen molar-refractivity contribution >= 4 is 11.7 Å². The first-order chi connectivity index (χ1) is 17.0. The van der Waals surface area contributed by atoms with Gasteiger partial charge >= 0.3 is 6.03 Å². The molecule has 0 radical (unpaired) electrons. The summed E-state index contributed by atoms with van der Waals surface area (Å²) < 4.78 is 48.7. The summed E-state index contributed by atoms with van der Waals surface area (Å²) in [7, 11) is 2.89. The number of anilines is 1. The summed E-state index contributed by atoms with van der Waals surface area (Å²) in [4.78, 5) is 14.7. The number of hydrogen-bond acceptors (Lipinski definition) is 5. The molecule has 2 rings (SSSR count). The lowest BCUT2D eigenvalue weighted by Crippen LogP contribution is -2.35. The minimum Gasteiger partial charge on any atom is -0.494 e. The van der Waals surface area contributed by atoms with E-state index in [1.807, 2.05) is 12.1 Å². The second-order valence-electron chi connectivity index (χ2n) is 8.04. The van der Waals surface area contributed by atoms with Crippen molar-refractivity contribution in [1.82, 2.24) is 4.90 Å². The Labute approximate surface area is 206 Å². The molecule has 0 bridgehead atoms. The number of amides is 2. The third kappa shape index (κ3) is 10.1. The Bertz CT molecular complexity index is 896. The maximum atomic E-state index is 14.4. The van der Waals surface area contributed by atoms with E-state index < -0.39 is 17.7 Å². The molecule has 2 aromatic carbocycles. The van der Waals surface area contributed by atoms with Gasteiger partial charge in [-0.3, -0.25) is 0 Å². The molecule has 0 aliphatic heterocycles. The molecule has 0 saturated heterocycles. The van der Waals surface area contributed by atoms with Gasteiger partial charge in [0.15, 0.2) is 12.6 Å². The van der Waals surface area contributed by atoms with E-state index in [-0.39, 0.29) is 18.2 Å². The van der Waals surface area contributed by atoms with Gasteiger partial charge in [-0.25, -0.2) is 13.6 Å². The highest BCUT2D eigenvalue weighted by Gasteiger charge is 2.19. The second kappa shape index (κ2) is 15.9. The Morgan fingerprint density at radius 1 is 1.00 bits per heavy atom. The lowest BCUT2D eigenvalue weighted by atomic mass is 10.1. The van der Waals surface area contributed by atoms with Crippen LogP contribution in [0.4, 0.5) is 19.3 Å². The van der Waals surface area contributed by atoms with Gasteiger partial charge in [-0.2, -0.15) is 0 Å². The van der Waals surface area contributed by atoms with Crippen molar-refractivity contribution in [3.8, 4) is 11.5 Å². The number of methoxy groups -OCH3 is 2. The fourth-order valence-corrected chi connectivity index (χ4v) is 3.40. The van der Waals surface area contributed by atoms with E-state index in [4.69, 9.17) is 18.9 Å². The molecule has 0 aliphatic carbocycles. The minimum atomic E-state index is -0.896. The zero-order valence-corrected chi connectivity index (χ0v) is 20.8. The predicted octanol–water partition coefficient (Wildman–Crippen LogP) is 5.98. The van der Waals surface area contributed by atoms with E-state index in [2.05, 4.69) is 12.2 Å². The Hall–Kier alpha value is -2.91. The quantitative estimate of drug-likeness (QED) is 0.230. The lowest BCUT2D eigenvalue weighted by Gasteiger charge is -2.24. The van der Waals surface area contributed by atoms with Gasteiger partial charge in [-0.15, -0.1) is 0 Å². The van der Waals surface area contributed by atoms with Gasteiger partial charge in [0, 0.05) is 32.3 Å². The Morgan fingerprint density at radius 3 is 2.43 bits per heavy atom. The van der Waals surface area contributed by atoms with Gasteiger partial charge in [-0.1, -0.05) is 44.7 Å². The molecule has 7 nitrogen and oxygen atoms in total. The maximum absolute atomic E-state index is 14.4. The number of urea groups is 1. The predicted molar refractivity (Wildman–Crippen MR) is 131 cm³/mol. The molecule has 0 heterocycles. The van der Waals surface area contributed by atoms with Crippen LogP contribution in [0.2, 0.25) is 0 Å². The van der Waals surface area contributed by atoms with E-state index in [0.717, 1.165) is 43.7 Å². The zero-order chi connectivity index (χ0) is 25.5. The highest BCUT2D eigenvalue weighted by atomic mass is 19.1. The number of nitrogens with one attached hydrogen (secondary N) is 1. The Balaban J connectivity index is 2.05. The fraction of sp³-hybridized carbons (Fsp3) is 0.500. The number of rotatable bonds is 16. The summed E-state index contributed by atoms with van der Waals surface area (Å²) in [6.07, 6.45) is 5.16. The van der Waals surface area contributed by atoms with Gasteiger partial charge in [0.2, 0.25) is 0 Å². The molecule has 1 N–H and O–H groups in total. The van der Waals surface area contributed by atoms with Gasteiger partial charge in [0.05, 0.1) is 20.3 Å². The van der Waals surface area contributed by atoms with Crippen molar-refractivity contribution in [1.29, 1.82) is 0 Å². The van der Waals surface area contributed by atoms with Crippen molar-refractivity contribution in [3.05, 3.63) is 53.6 Å². The maximum Gasteiger partial charge on any atom is 0.322 e. The topological polar surface area (TPSA) is 69.3 Å². The number of halogens is 2. The van der Waals surface area contributed by atoms with Gasteiger partial charge in [0.25, 0.3) is 0 Å². The Morgan fingerprint density at radius 2 is 1.74 bits per heavy atom. The first-order valence-electron chi connectivity index (χ1n) is 11.9. The van der Waals surface area contributed by atoms with Crippen LogP contribution in [0.1, 0.15) is 44.6 Å². The average molecular weight is 495 g/mol. The molecular weight excluding hydrogens is 458 g/mol. The molecule has 0 atom stereocenters. The zero-order valence-electron chi connectivity index (χ0n) is 20.8. The fourth-order valence-electron chi connectivity index (χ4n) is 3.40. The summed E-state index contributed by atoms with van der Waals surface area (Å²) in [5, 5.41) is 2.55. The normalized spacial score (nSPS) is 10.8. The molecule has 0 spiro atoms. The Kier molecular flexibility index (Phi) is 12.9. The molecule has 0 unspecified atom stereocenters. The number of carbonyl (C=O) groups excluding carboxylic acids is 1. The summed E-state index contributed by atoms with van der Waals surface area (Å²) >= 11 is 0. The third-order valence-corrected chi connectivity index (χ3v) is 5.33. The second-order valence-corrected chi connectivity index (χ2v) is 8.04. The van der Waals surface area contributed by atoms with Crippen LogP contribution >= 0.6 is 0 Å². The van der Waals surface area contributed by atoms with Crippen LogP contribution in [0.15, 0.2) is 36.4 Å². The van der Waals surface area contributed by atoms with Crippen LogP contribution in [-0.4, -0.2) is 51.7 Å². The number of ether oxygens (including phenoxy) is 4. The number of carbonyl (C=O) groups is 1. The molecule has 2 aromatic rings. The number of benzene rings is 2. The molecule has 0 fully saturated rings. The molecule has 194 valence electrons. The summed E-state index contributed by atoms with van der Waals surface area (Å²) in [6, 6.07) is 8.58. The highest BCUT2D eigenvalue weighted by molar-refractivity contribution is 5.91. The summed E-state index contributed by atoms with van der Waals surface area (Å²) in [6.45, 7) is 3.99. The van der Waals surface area contributed by atoms with Gasteiger partial charge < -0.3 is 29.2 Å². The van der Waals surface area contributed by atoms with Gasteiger partial charge in [-0.05, 0) is 24.1 Å². The summed E-state index contributed by atoms with van der Waals surface area (Å²) in [5.74, 6) is -1.11. The van der Waals surface area contributed by atoms with Crippen molar-refractivity contribution < 1.29 is 32.5 Å². The van der Waals surface area contributed by atoms with Gasteiger partial charge in [0.1, 0.15) is 23.0 Å². The first kappa shape index (κ1) is 28.3. The van der Waals surface area contributed by atoms with E-state index in [1.54, 1.807) is 24.1 Å². The van der Waals surface area contributed by atoms with Crippen LogP contribution in [0.5, 0.6) is 11.5 Å². The molecule has 35 heavy (non-hydrogen) atoms. The standard InChI is InChI=1S/C26H36F2N2O5/c1-4-5-6-7-8-13-30(26(31)29-25-23(28)16-21(27)17-24(25)33-3)18-20-9-11-22(12-10-20)35-19-34-15-14-32-2/h9-12,16-17H,4-8,13-15,18-19H2,1-3H3,(H,29,31). The summed E-state index contributed by atoms with van der Waals surface area (Å²) in [5.41, 5.74) is 0.694. The van der Waals surface area contributed by atoms with Crippen molar-refractivity contribution in [2.24, 2.45) is 0 Å².